The summed E-state index contributed by atoms with van der Waals surface area (Å²) in [5, 5.41) is 4.45. The minimum Gasteiger partial charge on any atom is -0.469 e. The van der Waals surface area contributed by atoms with E-state index in [9.17, 15) is 4.79 Å². The molecule has 5 heteroatoms. The zero-order chi connectivity index (χ0) is 13.8. The Bertz CT molecular complexity index is 439. The van der Waals surface area contributed by atoms with Crippen LogP contribution < -0.4 is 5.32 Å². The second-order valence-electron chi connectivity index (χ2n) is 4.76. The third-order valence-corrected chi connectivity index (χ3v) is 3.89. The van der Waals surface area contributed by atoms with Gasteiger partial charge in [-0.05, 0) is 43.1 Å². The lowest BCUT2D eigenvalue weighted by atomic mass is 9.86. The van der Waals surface area contributed by atoms with Gasteiger partial charge in [-0.15, -0.1) is 0 Å². The molecular formula is C14H17Cl2NO2. The number of piperidine rings is 1. The molecule has 1 aromatic rings. The summed E-state index contributed by atoms with van der Waals surface area (Å²) in [5.74, 6) is -0.612. The summed E-state index contributed by atoms with van der Waals surface area (Å²) in [6, 6.07) is 5.31. The summed E-state index contributed by atoms with van der Waals surface area (Å²) in [7, 11) is 1.41. The molecule has 0 unspecified atom stereocenters. The van der Waals surface area contributed by atoms with E-state index in [4.69, 9.17) is 27.9 Å². The number of esters is 1. The lowest BCUT2D eigenvalue weighted by molar-refractivity contribution is -0.143. The Balaban J connectivity index is 2.33. The molecule has 19 heavy (non-hydrogen) atoms. The van der Waals surface area contributed by atoms with Crippen LogP contribution in [-0.4, -0.2) is 25.7 Å². The van der Waals surface area contributed by atoms with E-state index in [0.29, 0.717) is 10.0 Å². The van der Waals surface area contributed by atoms with Crippen LogP contribution in [0, 0.1) is 0 Å². The highest BCUT2D eigenvalue weighted by Gasteiger charge is 2.32. The van der Waals surface area contributed by atoms with Crippen molar-refractivity contribution >= 4 is 29.2 Å². The van der Waals surface area contributed by atoms with Crippen LogP contribution in [-0.2, 0) is 9.53 Å². The van der Waals surface area contributed by atoms with Gasteiger partial charge in [0.15, 0.2) is 0 Å². The molecule has 1 aliphatic heterocycles. The van der Waals surface area contributed by atoms with E-state index in [0.717, 1.165) is 31.4 Å². The third-order valence-electron chi connectivity index (χ3n) is 3.45. The molecule has 1 aromatic carbocycles. The van der Waals surface area contributed by atoms with Crippen molar-refractivity contribution < 1.29 is 9.53 Å². The first-order valence-corrected chi connectivity index (χ1v) is 7.14. The molecule has 1 N–H and O–H groups in total. The largest absolute Gasteiger partial charge is 0.469 e. The van der Waals surface area contributed by atoms with Crippen LogP contribution in [0.2, 0.25) is 10.0 Å². The van der Waals surface area contributed by atoms with Crippen molar-refractivity contribution in [3.8, 4) is 0 Å². The maximum Gasteiger partial charge on any atom is 0.314 e. The van der Waals surface area contributed by atoms with E-state index in [1.165, 1.54) is 7.11 Å². The number of methoxy groups -OCH3 is 1. The molecule has 0 aliphatic carbocycles. The summed E-state index contributed by atoms with van der Waals surface area (Å²) >= 11 is 12.0. The number of carbonyl (C=O) groups is 1. The molecule has 0 radical (unpaired) electrons. The minimum absolute atomic E-state index is 0.0794. The van der Waals surface area contributed by atoms with Gasteiger partial charge in [-0.2, -0.15) is 0 Å². The van der Waals surface area contributed by atoms with E-state index >= 15 is 0 Å². The fourth-order valence-corrected chi connectivity index (χ4v) is 3.12. The van der Waals surface area contributed by atoms with E-state index in [1.54, 1.807) is 18.2 Å². The quantitative estimate of drug-likeness (QED) is 0.870. The van der Waals surface area contributed by atoms with Gasteiger partial charge in [0.1, 0.15) is 0 Å². The molecule has 0 amide bonds. The Hall–Kier alpha value is -0.770. The Labute approximate surface area is 123 Å². The van der Waals surface area contributed by atoms with Crippen molar-refractivity contribution in [1.29, 1.82) is 0 Å². The van der Waals surface area contributed by atoms with Gasteiger partial charge in [-0.25, -0.2) is 0 Å². The van der Waals surface area contributed by atoms with Gasteiger partial charge in [0.2, 0.25) is 0 Å². The van der Waals surface area contributed by atoms with Crippen molar-refractivity contribution in [2.75, 3.05) is 13.7 Å². The topological polar surface area (TPSA) is 38.3 Å². The summed E-state index contributed by atoms with van der Waals surface area (Å²) in [5.41, 5.74) is 0.809. The second-order valence-corrected chi connectivity index (χ2v) is 5.63. The molecule has 2 rings (SSSR count). The first-order valence-electron chi connectivity index (χ1n) is 6.39. The van der Waals surface area contributed by atoms with Crippen LogP contribution in [0.5, 0.6) is 0 Å². The van der Waals surface area contributed by atoms with Crippen LogP contribution in [0.4, 0.5) is 0 Å². The van der Waals surface area contributed by atoms with Gasteiger partial charge in [-0.1, -0.05) is 29.6 Å². The first-order chi connectivity index (χ1) is 9.11. The number of nitrogens with one attached hydrogen (secondary N) is 1. The highest BCUT2D eigenvalue weighted by atomic mass is 35.5. The van der Waals surface area contributed by atoms with Crippen LogP contribution in [0.25, 0.3) is 0 Å². The molecule has 0 bridgehead atoms. The number of hydrogen-bond donors (Lipinski definition) is 1. The van der Waals surface area contributed by atoms with E-state index in [-0.39, 0.29) is 17.9 Å². The Morgan fingerprint density at radius 1 is 1.32 bits per heavy atom. The summed E-state index contributed by atoms with van der Waals surface area (Å²) in [4.78, 5) is 12.1. The fraction of sp³-hybridized carbons (Fsp3) is 0.500. The predicted octanol–water partition coefficient (Wildman–Crippen LogP) is 3.39. The molecule has 0 saturated carbocycles. The lowest BCUT2D eigenvalue weighted by Crippen LogP contribution is -2.42. The predicted molar refractivity (Wildman–Crippen MR) is 76.9 cm³/mol. The van der Waals surface area contributed by atoms with Crippen LogP contribution in [0.1, 0.15) is 30.7 Å². The molecule has 1 saturated heterocycles. The highest BCUT2D eigenvalue weighted by molar-refractivity contribution is 6.34. The molecule has 1 aliphatic rings. The number of hydrogen-bond acceptors (Lipinski definition) is 3. The van der Waals surface area contributed by atoms with Crippen molar-refractivity contribution in [2.24, 2.45) is 0 Å². The van der Waals surface area contributed by atoms with Crippen LogP contribution in [0.3, 0.4) is 0 Å². The molecule has 0 aromatic heterocycles. The molecular weight excluding hydrogens is 285 g/mol. The highest BCUT2D eigenvalue weighted by Crippen LogP contribution is 2.30. The number of ether oxygens (including phenoxy) is 1. The van der Waals surface area contributed by atoms with Gasteiger partial charge in [-0.3, -0.25) is 4.79 Å². The number of carbonyl (C=O) groups excluding carboxylic acids is 1. The monoisotopic (exact) mass is 301 g/mol. The minimum atomic E-state index is -0.360. The first kappa shape index (κ1) is 14.6. The lowest BCUT2D eigenvalue weighted by Gasteiger charge is -2.30. The van der Waals surface area contributed by atoms with Gasteiger partial charge >= 0.3 is 5.97 Å². The van der Waals surface area contributed by atoms with Crippen LogP contribution >= 0.6 is 23.2 Å². The summed E-state index contributed by atoms with van der Waals surface area (Å²) < 4.78 is 4.93. The van der Waals surface area contributed by atoms with Gasteiger partial charge in [0, 0.05) is 16.1 Å². The number of benzene rings is 1. The van der Waals surface area contributed by atoms with Crippen molar-refractivity contribution in [3.63, 3.8) is 0 Å². The van der Waals surface area contributed by atoms with Gasteiger partial charge < -0.3 is 10.1 Å². The van der Waals surface area contributed by atoms with Crippen molar-refractivity contribution in [2.45, 2.75) is 31.2 Å². The maximum absolute atomic E-state index is 12.1. The summed E-state index contributed by atoms with van der Waals surface area (Å²) in [6.07, 6.45) is 3.20. The van der Waals surface area contributed by atoms with Crippen molar-refractivity contribution in [1.82, 2.24) is 5.32 Å². The second kappa shape index (κ2) is 6.60. The Kier molecular flexibility index (Phi) is 5.08. The Morgan fingerprint density at radius 3 is 2.53 bits per heavy atom. The van der Waals surface area contributed by atoms with Crippen LogP contribution in [0.15, 0.2) is 18.2 Å². The zero-order valence-electron chi connectivity index (χ0n) is 10.8. The molecule has 3 nitrogen and oxygen atoms in total. The number of halogens is 2. The van der Waals surface area contributed by atoms with E-state index < -0.39 is 0 Å². The molecule has 104 valence electrons. The van der Waals surface area contributed by atoms with Gasteiger partial charge in [0.25, 0.3) is 0 Å². The molecule has 1 fully saturated rings. The standard InChI is InChI=1S/C14H17Cl2NO2/c1-19-14(18)13(12-4-2-3-5-17-12)9-6-10(15)8-11(16)7-9/h6-8,12-13,17H,2-5H2,1H3/t12-,13-/m1/s1. The average molecular weight is 302 g/mol. The van der Waals surface area contributed by atoms with Gasteiger partial charge in [0.05, 0.1) is 13.0 Å². The smallest absolute Gasteiger partial charge is 0.314 e. The normalized spacial score (nSPS) is 20.9. The van der Waals surface area contributed by atoms with Crippen molar-refractivity contribution in [3.05, 3.63) is 33.8 Å². The fourth-order valence-electron chi connectivity index (χ4n) is 2.58. The number of rotatable bonds is 3. The SMILES string of the molecule is COC(=O)[C@H](c1cc(Cl)cc(Cl)c1)[C@H]1CCCCN1. The van der Waals surface area contributed by atoms with E-state index in [1.807, 2.05) is 0 Å². The third kappa shape index (κ3) is 3.62. The average Bonchev–Trinajstić information content (AvgIpc) is 2.39. The zero-order valence-corrected chi connectivity index (χ0v) is 12.3. The Morgan fingerprint density at radius 2 is 2.00 bits per heavy atom. The molecule has 0 spiro atoms. The summed E-state index contributed by atoms with van der Waals surface area (Å²) in [6.45, 7) is 0.923. The van der Waals surface area contributed by atoms with E-state index in [2.05, 4.69) is 5.32 Å². The molecule has 1 heterocycles. The maximum atomic E-state index is 12.1. The molecule has 2 atom stereocenters.